The van der Waals surface area contributed by atoms with Crippen LogP contribution in [0.4, 0.5) is 0 Å². The Labute approximate surface area is 105 Å². The highest BCUT2D eigenvalue weighted by Crippen LogP contribution is 2.37. The van der Waals surface area contributed by atoms with Gasteiger partial charge in [-0.15, -0.1) is 0 Å². The number of nitrogens with one attached hydrogen (secondary N) is 1. The van der Waals surface area contributed by atoms with Crippen molar-refractivity contribution in [2.75, 3.05) is 0 Å². The summed E-state index contributed by atoms with van der Waals surface area (Å²) in [6.07, 6.45) is 7.63. The predicted molar refractivity (Wildman–Crippen MR) is 69.5 cm³/mol. The summed E-state index contributed by atoms with van der Waals surface area (Å²) in [6, 6.07) is 0.616. The van der Waals surface area contributed by atoms with E-state index in [1.165, 1.54) is 19.3 Å². The monoisotopic (exact) mass is 238 g/mol. The van der Waals surface area contributed by atoms with Crippen LogP contribution in [0.3, 0.4) is 0 Å². The molecule has 0 bridgehead atoms. The SMILES string of the molecule is CC1(C)CCCC1NC(=O)C[C@@H]1CCC[C@H]1N. The van der Waals surface area contributed by atoms with Gasteiger partial charge in [0.15, 0.2) is 0 Å². The summed E-state index contributed by atoms with van der Waals surface area (Å²) in [7, 11) is 0. The molecule has 0 aromatic rings. The minimum atomic E-state index is 0.215. The quantitative estimate of drug-likeness (QED) is 0.792. The van der Waals surface area contributed by atoms with E-state index in [4.69, 9.17) is 5.73 Å². The average molecular weight is 238 g/mol. The van der Waals surface area contributed by atoms with Crippen molar-refractivity contribution >= 4 is 5.91 Å². The lowest BCUT2D eigenvalue weighted by Crippen LogP contribution is -2.42. The molecule has 0 radical (unpaired) electrons. The van der Waals surface area contributed by atoms with Crippen molar-refractivity contribution in [3.05, 3.63) is 0 Å². The molecule has 1 amide bonds. The standard InChI is InChI=1S/C14H26N2O/c1-14(2)8-4-7-12(14)16-13(17)9-10-5-3-6-11(10)15/h10-12H,3-9,15H2,1-2H3,(H,16,17)/t10-,11+,12?/m0/s1. The van der Waals surface area contributed by atoms with Gasteiger partial charge < -0.3 is 11.1 Å². The van der Waals surface area contributed by atoms with Crippen molar-refractivity contribution in [1.29, 1.82) is 0 Å². The number of amides is 1. The van der Waals surface area contributed by atoms with Crippen LogP contribution in [0.1, 0.15) is 58.8 Å². The van der Waals surface area contributed by atoms with Crippen molar-refractivity contribution in [3.8, 4) is 0 Å². The predicted octanol–water partition coefficient (Wildman–Crippen LogP) is 2.20. The molecular formula is C14H26N2O. The average Bonchev–Trinajstić information content (AvgIpc) is 2.75. The van der Waals surface area contributed by atoms with Crippen LogP contribution in [0.2, 0.25) is 0 Å². The first kappa shape index (κ1) is 12.9. The van der Waals surface area contributed by atoms with E-state index in [1.807, 2.05) is 0 Å². The van der Waals surface area contributed by atoms with Gasteiger partial charge in [-0.3, -0.25) is 4.79 Å². The van der Waals surface area contributed by atoms with Crippen molar-refractivity contribution in [3.63, 3.8) is 0 Å². The van der Waals surface area contributed by atoms with Crippen molar-refractivity contribution in [1.82, 2.24) is 5.32 Å². The summed E-state index contributed by atoms with van der Waals surface area (Å²) < 4.78 is 0. The highest BCUT2D eigenvalue weighted by Gasteiger charge is 2.36. The molecule has 0 saturated heterocycles. The van der Waals surface area contributed by atoms with Crippen LogP contribution in [0.15, 0.2) is 0 Å². The molecule has 2 aliphatic rings. The molecule has 2 aliphatic carbocycles. The fraction of sp³-hybridized carbons (Fsp3) is 0.929. The van der Waals surface area contributed by atoms with Gasteiger partial charge in [0.25, 0.3) is 0 Å². The van der Waals surface area contributed by atoms with E-state index in [1.54, 1.807) is 0 Å². The lowest BCUT2D eigenvalue weighted by molar-refractivity contribution is -0.123. The minimum Gasteiger partial charge on any atom is -0.353 e. The molecule has 3 heteroatoms. The first-order valence-corrected chi connectivity index (χ1v) is 7.04. The lowest BCUT2D eigenvalue weighted by Gasteiger charge is -2.28. The van der Waals surface area contributed by atoms with Gasteiger partial charge in [-0.05, 0) is 37.0 Å². The first-order valence-electron chi connectivity index (χ1n) is 7.04. The molecule has 2 fully saturated rings. The van der Waals surface area contributed by atoms with Crippen molar-refractivity contribution < 1.29 is 4.79 Å². The van der Waals surface area contributed by atoms with Gasteiger partial charge in [0, 0.05) is 18.5 Å². The number of hydrogen-bond donors (Lipinski definition) is 2. The molecule has 0 aromatic heterocycles. The third-order valence-corrected chi connectivity index (χ3v) is 4.76. The van der Waals surface area contributed by atoms with E-state index in [9.17, 15) is 4.79 Å². The summed E-state index contributed by atoms with van der Waals surface area (Å²) in [6.45, 7) is 4.51. The Hall–Kier alpha value is -0.570. The Morgan fingerprint density at radius 3 is 2.59 bits per heavy atom. The smallest absolute Gasteiger partial charge is 0.220 e. The van der Waals surface area contributed by atoms with Crippen LogP contribution in [-0.2, 0) is 4.79 Å². The van der Waals surface area contributed by atoms with Gasteiger partial charge in [0.2, 0.25) is 5.91 Å². The second-order valence-electron chi connectivity index (χ2n) is 6.56. The molecule has 0 spiro atoms. The number of carbonyl (C=O) groups is 1. The molecule has 3 nitrogen and oxygen atoms in total. The maximum Gasteiger partial charge on any atom is 0.220 e. The zero-order valence-electron chi connectivity index (χ0n) is 11.2. The molecule has 2 rings (SSSR count). The zero-order valence-corrected chi connectivity index (χ0v) is 11.2. The Balaban J connectivity index is 1.81. The van der Waals surface area contributed by atoms with Crippen LogP contribution in [0.25, 0.3) is 0 Å². The molecule has 0 heterocycles. The third kappa shape index (κ3) is 3.01. The minimum absolute atomic E-state index is 0.215. The summed E-state index contributed by atoms with van der Waals surface area (Å²) in [5.74, 6) is 0.631. The van der Waals surface area contributed by atoms with E-state index < -0.39 is 0 Å². The van der Waals surface area contributed by atoms with Gasteiger partial charge in [-0.1, -0.05) is 26.7 Å². The summed E-state index contributed by atoms with van der Waals surface area (Å²) in [5.41, 5.74) is 6.28. The van der Waals surface area contributed by atoms with Crippen LogP contribution in [0, 0.1) is 11.3 Å². The zero-order chi connectivity index (χ0) is 12.5. The van der Waals surface area contributed by atoms with Crippen LogP contribution in [-0.4, -0.2) is 18.0 Å². The third-order valence-electron chi connectivity index (χ3n) is 4.76. The molecule has 3 atom stereocenters. The lowest BCUT2D eigenvalue weighted by atomic mass is 9.87. The van der Waals surface area contributed by atoms with Gasteiger partial charge in [-0.2, -0.15) is 0 Å². The molecule has 3 N–H and O–H groups in total. The fourth-order valence-corrected chi connectivity index (χ4v) is 3.40. The maximum absolute atomic E-state index is 12.0. The highest BCUT2D eigenvalue weighted by molar-refractivity contribution is 5.76. The van der Waals surface area contributed by atoms with E-state index in [0.717, 1.165) is 19.3 Å². The molecular weight excluding hydrogens is 212 g/mol. The Morgan fingerprint density at radius 2 is 2.06 bits per heavy atom. The van der Waals surface area contributed by atoms with Crippen LogP contribution < -0.4 is 11.1 Å². The van der Waals surface area contributed by atoms with Gasteiger partial charge >= 0.3 is 0 Å². The Kier molecular flexibility index (Phi) is 3.76. The fourth-order valence-electron chi connectivity index (χ4n) is 3.40. The molecule has 1 unspecified atom stereocenters. The van der Waals surface area contributed by atoms with E-state index >= 15 is 0 Å². The van der Waals surface area contributed by atoms with Crippen LogP contribution in [0.5, 0.6) is 0 Å². The highest BCUT2D eigenvalue weighted by atomic mass is 16.1. The van der Waals surface area contributed by atoms with E-state index in [-0.39, 0.29) is 17.4 Å². The number of hydrogen-bond acceptors (Lipinski definition) is 2. The molecule has 17 heavy (non-hydrogen) atoms. The van der Waals surface area contributed by atoms with Gasteiger partial charge in [0.1, 0.15) is 0 Å². The van der Waals surface area contributed by atoms with Crippen molar-refractivity contribution in [2.24, 2.45) is 17.1 Å². The summed E-state index contributed by atoms with van der Waals surface area (Å²) in [5, 5.41) is 3.22. The molecule has 98 valence electrons. The maximum atomic E-state index is 12.0. The normalized spacial score (nSPS) is 36.1. The topological polar surface area (TPSA) is 55.1 Å². The summed E-state index contributed by atoms with van der Waals surface area (Å²) in [4.78, 5) is 12.0. The second-order valence-corrected chi connectivity index (χ2v) is 6.56. The van der Waals surface area contributed by atoms with Crippen molar-refractivity contribution in [2.45, 2.75) is 70.9 Å². The largest absolute Gasteiger partial charge is 0.353 e. The van der Waals surface area contributed by atoms with Gasteiger partial charge in [-0.25, -0.2) is 0 Å². The molecule has 0 aliphatic heterocycles. The Morgan fingerprint density at radius 1 is 1.29 bits per heavy atom. The van der Waals surface area contributed by atoms with Gasteiger partial charge in [0.05, 0.1) is 0 Å². The number of carbonyl (C=O) groups excluding carboxylic acids is 1. The van der Waals surface area contributed by atoms with E-state index in [0.29, 0.717) is 18.4 Å². The second kappa shape index (κ2) is 4.97. The summed E-state index contributed by atoms with van der Waals surface area (Å²) >= 11 is 0. The first-order chi connectivity index (χ1) is 7.99. The van der Waals surface area contributed by atoms with E-state index in [2.05, 4.69) is 19.2 Å². The number of rotatable bonds is 3. The molecule has 2 saturated carbocycles. The molecule has 0 aromatic carbocycles. The number of nitrogens with two attached hydrogens (primary N) is 1. The Bertz CT molecular complexity index is 288. The van der Waals surface area contributed by atoms with Crippen LogP contribution >= 0.6 is 0 Å².